The molecule has 0 bridgehead atoms. The summed E-state index contributed by atoms with van der Waals surface area (Å²) in [6.45, 7) is 3.51. The van der Waals surface area contributed by atoms with Gasteiger partial charge in [-0.15, -0.1) is 0 Å². The Balaban J connectivity index is 1.57. The Morgan fingerprint density at radius 1 is 1.29 bits per heavy atom. The van der Waals surface area contributed by atoms with E-state index in [1.54, 1.807) is 6.20 Å². The van der Waals surface area contributed by atoms with Gasteiger partial charge in [-0.3, -0.25) is 4.79 Å². The molecule has 3 rings (SSSR count). The van der Waals surface area contributed by atoms with Crippen molar-refractivity contribution >= 4 is 17.5 Å². The zero-order valence-corrected chi connectivity index (χ0v) is 14.7. The van der Waals surface area contributed by atoms with Crippen molar-refractivity contribution in [3.8, 4) is 0 Å². The topological polar surface area (TPSA) is 46.1 Å². The highest BCUT2D eigenvalue weighted by Gasteiger charge is 2.25. The number of likely N-dealkylation sites (tertiary alicyclic amines) is 1. The number of carbonyl (C=O) groups is 1. The van der Waals surface area contributed by atoms with E-state index < -0.39 is 0 Å². The fraction of sp³-hybridized carbons (Fsp3) is 0.421. The van der Waals surface area contributed by atoms with Crippen LogP contribution in [-0.4, -0.2) is 33.9 Å². The summed E-state index contributed by atoms with van der Waals surface area (Å²) < 4.78 is 0. The van der Waals surface area contributed by atoms with Gasteiger partial charge in [-0.2, -0.15) is 0 Å². The maximum Gasteiger partial charge on any atom is 0.222 e. The molecule has 1 fully saturated rings. The smallest absolute Gasteiger partial charge is 0.222 e. The van der Waals surface area contributed by atoms with Crippen molar-refractivity contribution in [2.75, 3.05) is 13.1 Å². The van der Waals surface area contributed by atoms with E-state index in [-0.39, 0.29) is 5.91 Å². The number of hydrogen-bond donors (Lipinski definition) is 0. The summed E-state index contributed by atoms with van der Waals surface area (Å²) in [5.41, 5.74) is 2.20. The minimum absolute atomic E-state index is 0.223. The van der Waals surface area contributed by atoms with E-state index in [0.717, 1.165) is 54.5 Å². The fourth-order valence-electron chi connectivity index (χ4n) is 3.21. The SMILES string of the molecule is Cc1nccc([C@H]2CCCN(C(=O)CCc3ccc(Cl)cc3)C2)n1. The number of aryl methyl sites for hydroxylation is 2. The van der Waals surface area contributed by atoms with E-state index in [4.69, 9.17) is 11.6 Å². The third-order valence-electron chi connectivity index (χ3n) is 4.53. The van der Waals surface area contributed by atoms with Gasteiger partial charge in [0.15, 0.2) is 0 Å². The average Bonchev–Trinajstić information content (AvgIpc) is 2.61. The first-order valence-corrected chi connectivity index (χ1v) is 8.81. The van der Waals surface area contributed by atoms with Gasteiger partial charge in [0.2, 0.25) is 5.91 Å². The second kappa shape index (κ2) is 7.75. The molecule has 1 aliphatic heterocycles. The lowest BCUT2D eigenvalue weighted by Gasteiger charge is -2.32. The number of rotatable bonds is 4. The van der Waals surface area contributed by atoms with Gasteiger partial charge in [0.25, 0.3) is 0 Å². The van der Waals surface area contributed by atoms with Gasteiger partial charge in [-0.05, 0) is 49.9 Å². The molecule has 0 unspecified atom stereocenters. The van der Waals surface area contributed by atoms with Crippen molar-refractivity contribution in [1.29, 1.82) is 0 Å². The van der Waals surface area contributed by atoms with Gasteiger partial charge < -0.3 is 4.90 Å². The first-order valence-electron chi connectivity index (χ1n) is 8.43. The number of halogens is 1. The van der Waals surface area contributed by atoms with Crippen LogP contribution in [0.25, 0.3) is 0 Å². The maximum atomic E-state index is 12.5. The van der Waals surface area contributed by atoms with Crippen LogP contribution in [0.3, 0.4) is 0 Å². The lowest BCUT2D eigenvalue weighted by Crippen LogP contribution is -2.39. The minimum atomic E-state index is 0.223. The third kappa shape index (κ3) is 4.32. The Morgan fingerprint density at radius 3 is 2.83 bits per heavy atom. The first kappa shape index (κ1) is 16.9. The molecule has 24 heavy (non-hydrogen) atoms. The van der Waals surface area contributed by atoms with Crippen LogP contribution in [0.15, 0.2) is 36.5 Å². The van der Waals surface area contributed by atoms with Crippen LogP contribution in [0.4, 0.5) is 0 Å². The van der Waals surface area contributed by atoms with Gasteiger partial charge in [-0.25, -0.2) is 9.97 Å². The summed E-state index contributed by atoms with van der Waals surface area (Å²) >= 11 is 5.90. The van der Waals surface area contributed by atoms with Gasteiger partial charge >= 0.3 is 0 Å². The predicted molar refractivity (Wildman–Crippen MR) is 95.1 cm³/mol. The molecule has 1 atom stereocenters. The molecule has 1 aromatic heterocycles. The Hall–Kier alpha value is -1.94. The van der Waals surface area contributed by atoms with Gasteiger partial charge in [-0.1, -0.05) is 23.7 Å². The monoisotopic (exact) mass is 343 g/mol. The number of piperidine rings is 1. The molecule has 1 saturated heterocycles. The molecule has 1 aromatic carbocycles. The second-order valence-corrected chi connectivity index (χ2v) is 6.77. The number of nitrogens with zero attached hydrogens (tertiary/aromatic N) is 3. The van der Waals surface area contributed by atoms with Crippen molar-refractivity contribution in [3.63, 3.8) is 0 Å². The number of benzene rings is 1. The average molecular weight is 344 g/mol. The summed E-state index contributed by atoms with van der Waals surface area (Å²) in [5.74, 6) is 1.33. The van der Waals surface area contributed by atoms with Crippen molar-refractivity contribution in [2.45, 2.75) is 38.5 Å². The van der Waals surface area contributed by atoms with Gasteiger partial charge in [0.1, 0.15) is 5.82 Å². The summed E-state index contributed by atoms with van der Waals surface area (Å²) in [6, 6.07) is 9.68. The van der Waals surface area contributed by atoms with Gasteiger partial charge in [0, 0.05) is 42.3 Å². The maximum absolute atomic E-state index is 12.5. The van der Waals surface area contributed by atoms with E-state index in [9.17, 15) is 4.79 Å². The van der Waals surface area contributed by atoms with E-state index in [1.165, 1.54) is 0 Å². The largest absolute Gasteiger partial charge is 0.342 e. The normalized spacial score (nSPS) is 17.8. The lowest BCUT2D eigenvalue weighted by molar-refractivity contribution is -0.132. The molecule has 0 aliphatic carbocycles. The number of aromatic nitrogens is 2. The first-order chi connectivity index (χ1) is 11.6. The number of hydrogen-bond acceptors (Lipinski definition) is 3. The Kier molecular flexibility index (Phi) is 5.46. The standard InChI is InChI=1S/C19H22ClN3O/c1-14-21-11-10-18(22-14)16-3-2-12-23(13-16)19(24)9-6-15-4-7-17(20)8-5-15/h4-5,7-8,10-11,16H,2-3,6,9,12-13H2,1H3/t16-/m0/s1. The summed E-state index contributed by atoms with van der Waals surface area (Å²) in [7, 11) is 0. The fourth-order valence-corrected chi connectivity index (χ4v) is 3.33. The van der Waals surface area contributed by atoms with Crippen molar-refractivity contribution in [2.24, 2.45) is 0 Å². The van der Waals surface area contributed by atoms with E-state index in [2.05, 4.69) is 9.97 Å². The van der Waals surface area contributed by atoms with Crippen molar-refractivity contribution < 1.29 is 4.79 Å². The van der Waals surface area contributed by atoms with Crippen LogP contribution in [-0.2, 0) is 11.2 Å². The zero-order valence-electron chi connectivity index (χ0n) is 13.9. The molecule has 4 nitrogen and oxygen atoms in total. The molecule has 0 N–H and O–H groups in total. The molecule has 2 heterocycles. The Bertz CT molecular complexity index is 702. The van der Waals surface area contributed by atoms with Crippen LogP contribution in [0, 0.1) is 6.92 Å². The highest BCUT2D eigenvalue weighted by molar-refractivity contribution is 6.30. The van der Waals surface area contributed by atoms with Crippen LogP contribution >= 0.6 is 11.6 Å². The van der Waals surface area contributed by atoms with Crippen LogP contribution in [0.5, 0.6) is 0 Å². The molecule has 126 valence electrons. The Labute approximate surface area is 147 Å². The number of carbonyl (C=O) groups excluding carboxylic acids is 1. The highest BCUT2D eigenvalue weighted by Crippen LogP contribution is 2.26. The van der Waals surface area contributed by atoms with Crippen LogP contribution in [0.2, 0.25) is 5.02 Å². The number of amides is 1. The molecule has 5 heteroatoms. The highest BCUT2D eigenvalue weighted by atomic mass is 35.5. The summed E-state index contributed by atoms with van der Waals surface area (Å²) in [6.07, 6.45) is 5.21. The van der Waals surface area contributed by atoms with E-state index in [1.807, 2.05) is 42.2 Å². The van der Waals surface area contributed by atoms with Crippen molar-refractivity contribution in [3.05, 3.63) is 58.6 Å². The molecular formula is C19H22ClN3O. The van der Waals surface area contributed by atoms with Crippen molar-refractivity contribution in [1.82, 2.24) is 14.9 Å². The molecule has 2 aromatic rings. The Morgan fingerprint density at radius 2 is 2.08 bits per heavy atom. The minimum Gasteiger partial charge on any atom is -0.342 e. The van der Waals surface area contributed by atoms with Crippen LogP contribution in [0.1, 0.15) is 42.3 Å². The predicted octanol–water partition coefficient (Wildman–Crippen LogP) is 3.78. The molecule has 1 amide bonds. The molecular weight excluding hydrogens is 322 g/mol. The summed E-state index contributed by atoms with van der Waals surface area (Å²) in [5, 5.41) is 0.726. The van der Waals surface area contributed by atoms with Gasteiger partial charge in [0.05, 0.1) is 0 Å². The zero-order chi connectivity index (χ0) is 16.9. The summed E-state index contributed by atoms with van der Waals surface area (Å²) in [4.78, 5) is 23.2. The molecule has 0 spiro atoms. The lowest BCUT2D eigenvalue weighted by atomic mass is 9.94. The van der Waals surface area contributed by atoms with Crippen LogP contribution < -0.4 is 0 Å². The molecule has 1 aliphatic rings. The van der Waals surface area contributed by atoms with E-state index >= 15 is 0 Å². The molecule has 0 radical (unpaired) electrons. The van der Waals surface area contributed by atoms with E-state index in [0.29, 0.717) is 12.3 Å². The molecule has 0 saturated carbocycles. The quantitative estimate of drug-likeness (QED) is 0.848. The third-order valence-corrected chi connectivity index (χ3v) is 4.78. The second-order valence-electron chi connectivity index (χ2n) is 6.33.